The Morgan fingerprint density at radius 3 is 2.76 bits per heavy atom. The van der Waals surface area contributed by atoms with E-state index in [4.69, 9.17) is 4.42 Å². The minimum Gasteiger partial charge on any atom is -0.397 e. The predicted molar refractivity (Wildman–Crippen MR) is 72.2 cm³/mol. The molecular weight excluding hydrogens is 276 g/mol. The molecule has 1 N–H and O–H groups in total. The van der Waals surface area contributed by atoms with Gasteiger partial charge in [0.15, 0.2) is 5.76 Å². The number of nitro groups is 1. The van der Waals surface area contributed by atoms with Gasteiger partial charge in [0, 0.05) is 17.7 Å². The van der Waals surface area contributed by atoms with E-state index in [0.717, 1.165) is 11.6 Å². The van der Waals surface area contributed by atoms with Crippen LogP contribution in [0.4, 0.5) is 11.6 Å². The molecule has 1 amide bonds. The molecule has 21 heavy (non-hydrogen) atoms. The van der Waals surface area contributed by atoms with Crippen LogP contribution in [0, 0.1) is 10.1 Å². The zero-order valence-electron chi connectivity index (χ0n) is 10.8. The minimum absolute atomic E-state index is 0.0526. The van der Waals surface area contributed by atoms with Gasteiger partial charge >= 0.3 is 5.88 Å². The van der Waals surface area contributed by atoms with Gasteiger partial charge in [0.1, 0.15) is 4.92 Å². The van der Waals surface area contributed by atoms with E-state index in [9.17, 15) is 19.7 Å². The summed E-state index contributed by atoms with van der Waals surface area (Å²) in [6.07, 6.45) is 0.928. The van der Waals surface area contributed by atoms with Crippen LogP contribution in [0.15, 0.2) is 34.7 Å². The molecule has 1 aromatic heterocycles. The molecule has 1 aliphatic rings. The van der Waals surface area contributed by atoms with Crippen molar-refractivity contribution in [3.8, 4) is 0 Å². The van der Waals surface area contributed by atoms with Gasteiger partial charge in [-0.3, -0.25) is 19.7 Å². The molecule has 106 valence electrons. The molecule has 0 fully saturated rings. The van der Waals surface area contributed by atoms with Crippen molar-refractivity contribution in [1.82, 2.24) is 0 Å². The second-order valence-corrected chi connectivity index (χ2v) is 4.64. The summed E-state index contributed by atoms with van der Waals surface area (Å²) in [5.74, 6) is -1.03. The summed E-state index contributed by atoms with van der Waals surface area (Å²) in [6.45, 7) is 0. The fraction of sp³-hybridized carbons (Fsp3) is 0.143. The van der Waals surface area contributed by atoms with E-state index >= 15 is 0 Å². The molecule has 0 aliphatic carbocycles. The lowest BCUT2D eigenvalue weighted by Crippen LogP contribution is -2.19. The number of hydrogen-bond donors (Lipinski definition) is 1. The number of carbonyl (C=O) groups excluding carboxylic acids is 2. The number of anilines is 1. The molecule has 7 heteroatoms. The second-order valence-electron chi connectivity index (χ2n) is 4.64. The molecule has 2 aromatic rings. The maximum absolute atomic E-state index is 12.2. The third-order valence-corrected chi connectivity index (χ3v) is 3.26. The Bertz CT molecular complexity index is 762. The highest BCUT2D eigenvalue weighted by molar-refractivity contribution is 6.08. The summed E-state index contributed by atoms with van der Waals surface area (Å²) in [6, 6.07) is 7.30. The molecule has 0 spiro atoms. The van der Waals surface area contributed by atoms with Crippen LogP contribution < -0.4 is 5.32 Å². The lowest BCUT2D eigenvalue weighted by Gasteiger charge is -2.17. The first-order valence-electron chi connectivity index (χ1n) is 6.26. The molecular formula is C14H10N2O5. The van der Waals surface area contributed by atoms with E-state index in [1.165, 1.54) is 6.07 Å². The summed E-state index contributed by atoms with van der Waals surface area (Å²) < 4.78 is 4.90. The van der Waals surface area contributed by atoms with Crippen LogP contribution in [-0.4, -0.2) is 16.6 Å². The summed E-state index contributed by atoms with van der Waals surface area (Å²) >= 11 is 0. The van der Waals surface area contributed by atoms with Crippen LogP contribution in [0.25, 0.3) is 0 Å². The summed E-state index contributed by atoms with van der Waals surface area (Å²) in [7, 11) is 0. The van der Waals surface area contributed by atoms with Crippen molar-refractivity contribution in [3.63, 3.8) is 0 Å². The lowest BCUT2D eigenvalue weighted by atomic mass is 9.98. The Balaban J connectivity index is 1.91. The zero-order chi connectivity index (χ0) is 15.0. The number of fused-ring (bicyclic) bond motifs is 1. The number of nitrogens with zero attached hydrogens (tertiary/aromatic N) is 1. The average Bonchev–Trinajstić information content (AvgIpc) is 2.96. The minimum atomic E-state index is -0.695. The first-order valence-corrected chi connectivity index (χ1v) is 6.26. The van der Waals surface area contributed by atoms with E-state index in [-0.39, 0.29) is 11.7 Å². The van der Waals surface area contributed by atoms with E-state index in [1.807, 2.05) is 0 Å². The number of aryl methyl sites for hydroxylation is 1. The second kappa shape index (κ2) is 4.86. The Morgan fingerprint density at radius 1 is 1.24 bits per heavy atom. The summed E-state index contributed by atoms with van der Waals surface area (Å²) in [4.78, 5) is 33.4. The van der Waals surface area contributed by atoms with Crippen molar-refractivity contribution in [3.05, 3.63) is 57.3 Å². The molecule has 1 aliphatic heterocycles. The first kappa shape index (κ1) is 13.0. The Morgan fingerprint density at radius 2 is 2.05 bits per heavy atom. The Labute approximate surface area is 118 Å². The number of furan rings is 1. The van der Waals surface area contributed by atoms with Crippen molar-refractivity contribution in [2.45, 2.75) is 12.8 Å². The highest BCUT2D eigenvalue weighted by Crippen LogP contribution is 2.25. The van der Waals surface area contributed by atoms with Gasteiger partial charge in [-0.1, -0.05) is 0 Å². The zero-order valence-corrected chi connectivity index (χ0v) is 10.8. The van der Waals surface area contributed by atoms with Gasteiger partial charge in [0.25, 0.3) is 0 Å². The van der Waals surface area contributed by atoms with E-state index in [1.54, 1.807) is 18.2 Å². The molecule has 3 rings (SSSR count). The van der Waals surface area contributed by atoms with Crippen LogP contribution >= 0.6 is 0 Å². The van der Waals surface area contributed by atoms with E-state index in [2.05, 4.69) is 5.32 Å². The lowest BCUT2D eigenvalue weighted by molar-refractivity contribution is -0.402. The van der Waals surface area contributed by atoms with Gasteiger partial charge in [-0.25, -0.2) is 0 Å². The summed E-state index contributed by atoms with van der Waals surface area (Å²) in [5.41, 5.74) is 1.92. The molecule has 0 atom stereocenters. The maximum atomic E-state index is 12.2. The molecule has 0 bridgehead atoms. The van der Waals surface area contributed by atoms with Crippen LogP contribution in [0.1, 0.15) is 28.1 Å². The molecule has 0 unspecified atom stereocenters. The number of benzene rings is 1. The average molecular weight is 286 g/mol. The van der Waals surface area contributed by atoms with Crippen molar-refractivity contribution >= 4 is 23.3 Å². The summed E-state index contributed by atoms with van der Waals surface area (Å²) in [5, 5.41) is 13.3. The molecule has 7 nitrogen and oxygen atoms in total. The van der Waals surface area contributed by atoms with Gasteiger partial charge < -0.3 is 9.73 Å². The standard InChI is InChI=1S/C14H10N2O5/c17-12-5-2-8-7-9(1-3-10(8)15-12)14(18)11-4-6-13(21-11)16(19)20/h1,3-4,6-7H,2,5H2,(H,15,17). The van der Waals surface area contributed by atoms with E-state index in [0.29, 0.717) is 24.1 Å². The van der Waals surface area contributed by atoms with Crippen molar-refractivity contribution in [1.29, 1.82) is 0 Å². The monoisotopic (exact) mass is 286 g/mol. The largest absolute Gasteiger partial charge is 0.433 e. The topological polar surface area (TPSA) is 102 Å². The third-order valence-electron chi connectivity index (χ3n) is 3.26. The maximum Gasteiger partial charge on any atom is 0.433 e. The number of nitrogens with one attached hydrogen (secondary N) is 1. The van der Waals surface area contributed by atoms with Gasteiger partial charge in [-0.15, -0.1) is 0 Å². The number of hydrogen-bond acceptors (Lipinski definition) is 5. The van der Waals surface area contributed by atoms with Crippen LogP contribution in [0.3, 0.4) is 0 Å². The van der Waals surface area contributed by atoms with E-state index < -0.39 is 16.6 Å². The Hall–Kier alpha value is -2.96. The molecule has 1 aromatic carbocycles. The molecule has 2 heterocycles. The normalized spacial score (nSPS) is 13.4. The fourth-order valence-electron chi connectivity index (χ4n) is 2.21. The number of carbonyl (C=O) groups is 2. The van der Waals surface area contributed by atoms with Crippen LogP contribution in [-0.2, 0) is 11.2 Å². The fourth-order valence-corrected chi connectivity index (χ4v) is 2.21. The van der Waals surface area contributed by atoms with Gasteiger partial charge in [0.05, 0.1) is 6.07 Å². The van der Waals surface area contributed by atoms with Gasteiger partial charge in [-0.05, 0) is 36.2 Å². The SMILES string of the molecule is O=C1CCc2cc(C(=O)c3ccc([N+](=O)[O-])o3)ccc2N1. The van der Waals surface area contributed by atoms with Crippen molar-refractivity contribution in [2.75, 3.05) is 5.32 Å². The Kier molecular flexibility index (Phi) is 3.02. The predicted octanol–water partition coefficient (Wildman–Crippen LogP) is 2.30. The molecule has 0 saturated heterocycles. The van der Waals surface area contributed by atoms with Crippen LogP contribution in [0.5, 0.6) is 0 Å². The number of rotatable bonds is 3. The molecule has 0 saturated carbocycles. The number of amides is 1. The number of ketones is 1. The quantitative estimate of drug-likeness (QED) is 0.530. The van der Waals surface area contributed by atoms with Gasteiger partial charge in [0.2, 0.25) is 11.7 Å². The third kappa shape index (κ3) is 2.40. The smallest absolute Gasteiger partial charge is 0.397 e. The van der Waals surface area contributed by atoms with Crippen molar-refractivity contribution in [2.24, 2.45) is 0 Å². The highest BCUT2D eigenvalue weighted by atomic mass is 16.6. The van der Waals surface area contributed by atoms with Crippen LogP contribution in [0.2, 0.25) is 0 Å². The van der Waals surface area contributed by atoms with Crippen molar-refractivity contribution < 1.29 is 18.9 Å². The molecule has 0 radical (unpaired) electrons. The highest BCUT2D eigenvalue weighted by Gasteiger charge is 2.21. The first-order chi connectivity index (χ1) is 10.0. The van der Waals surface area contributed by atoms with Gasteiger partial charge in [-0.2, -0.15) is 0 Å².